The molecule has 0 unspecified atom stereocenters. The number of hydrogen-bond donors (Lipinski definition) is 1. The van der Waals surface area contributed by atoms with Crippen molar-refractivity contribution in [3.63, 3.8) is 0 Å². The molecule has 1 saturated carbocycles. The van der Waals surface area contributed by atoms with Crippen LogP contribution in [0.15, 0.2) is 59.5 Å². The van der Waals surface area contributed by atoms with Gasteiger partial charge in [-0.25, -0.2) is 21.1 Å². The number of piperidine rings is 1. The Morgan fingerprint density at radius 1 is 0.973 bits per heavy atom. The zero-order chi connectivity index (χ0) is 26.6. The number of carbonyl (C=O) groups excluding carboxylic acids is 1. The SMILES string of the molecule is CS(=O)(=O)N1CCC[C@H](C(=O)N[C@@H]2CCCC[C@H]2N(Cc2ccc(Cl)cc2)S(=O)(=O)c2ccccc2)C1. The smallest absolute Gasteiger partial charge is 0.243 e. The fraction of sp³-hybridized carbons (Fsp3) is 0.500. The molecule has 1 aliphatic heterocycles. The second kappa shape index (κ2) is 11.8. The molecule has 1 aliphatic carbocycles. The average molecular weight is 568 g/mol. The highest BCUT2D eigenvalue weighted by atomic mass is 35.5. The molecule has 0 bridgehead atoms. The predicted octanol–water partition coefficient (Wildman–Crippen LogP) is 3.63. The minimum absolute atomic E-state index is 0.150. The first-order valence-electron chi connectivity index (χ1n) is 12.6. The van der Waals surface area contributed by atoms with Crippen LogP contribution in [-0.2, 0) is 31.4 Å². The van der Waals surface area contributed by atoms with Gasteiger partial charge in [-0.3, -0.25) is 4.79 Å². The topological polar surface area (TPSA) is 104 Å². The number of carbonyl (C=O) groups is 1. The molecule has 2 aromatic carbocycles. The highest BCUT2D eigenvalue weighted by Gasteiger charge is 2.40. The molecule has 0 spiro atoms. The first-order chi connectivity index (χ1) is 17.6. The van der Waals surface area contributed by atoms with Crippen molar-refractivity contribution in [2.24, 2.45) is 5.92 Å². The second-order valence-electron chi connectivity index (χ2n) is 9.92. The molecule has 0 radical (unpaired) electrons. The van der Waals surface area contributed by atoms with E-state index in [0.717, 1.165) is 24.7 Å². The molecule has 8 nitrogen and oxygen atoms in total. The van der Waals surface area contributed by atoms with Crippen molar-refractivity contribution >= 4 is 37.6 Å². The number of amides is 1. The molecule has 2 aromatic rings. The van der Waals surface area contributed by atoms with Gasteiger partial charge >= 0.3 is 0 Å². The standard InChI is InChI=1S/C26H34ClN3O5S2/c1-36(32,33)29-17-7-8-21(19-29)26(31)28-24-11-5-6-12-25(24)30(18-20-13-15-22(27)16-14-20)37(34,35)23-9-3-2-4-10-23/h2-4,9-10,13-16,21,24-25H,5-8,11-12,17-19H2,1H3,(H,28,31)/t21-,24+,25+/m0/s1. The minimum atomic E-state index is -3.87. The maximum Gasteiger partial charge on any atom is 0.243 e. The summed E-state index contributed by atoms with van der Waals surface area (Å²) < 4.78 is 54.7. The third kappa shape index (κ3) is 6.92. The molecule has 1 N–H and O–H groups in total. The Labute approximate surface area is 225 Å². The van der Waals surface area contributed by atoms with Crippen LogP contribution in [0.3, 0.4) is 0 Å². The summed E-state index contributed by atoms with van der Waals surface area (Å²) in [5.41, 5.74) is 0.802. The number of nitrogens with one attached hydrogen (secondary N) is 1. The van der Waals surface area contributed by atoms with E-state index in [1.165, 1.54) is 8.61 Å². The normalized spacial score (nSPS) is 23.6. The third-order valence-corrected chi connectivity index (χ3v) is 10.7. The lowest BCUT2D eigenvalue weighted by Gasteiger charge is -2.40. The molecule has 2 aliphatic rings. The van der Waals surface area contributed by atoms with Crippen molar-refractivity contribution in [1.82, 2.24) is 13.9 Å². The average Bonchev–Trinajstić information content (AvgIpc) is 2.89. The van der Waals surface area contributed by atoms with Crippen LogP contribution >= 0.6 is 11.6 Å². The third-order valence-electron chi connectivity index (χ3n) is 7.25. The minimum Gasteiger partial charge on any atom is -0.351 e. The quantitative estimate of drug-likeness (QED) is 0.524. The largest absolute Gasteiger partial charge is 0.351 e. The molecule has 4 rings (SSSR count). The van der Waals surface area contributed by atoms with Gasteiger partial charge in [0.1, 0.15) is 0 Å². The van der Waals surface area contributed by atoms with Gasteiger partial charge in [-0.1, -0.05) is 54.8 Å². The zero-order valence-electron chi connectivity index (χ0n) is 20.9. The Kier molecular flexibility index (Phi) is 8.96. The van der Waals surface area contributed by atoms with Crippen molar-refractivity contribution in [3.05, 3.63) is 65.2 Å². The summed E-state index contributed by atoms with van der Waals surface area (Å²) in [6.45, 7) is 0.717. The molecule has 1 heterocycles. The van der Waals surface area contributed by atoms with Crippen LogP contribution in [0.5, 0.6) is 0 Å². The number of nitrogens with zero attached hydrogens (tertiary/aromatic N) is 2. The van der Waals surface area contributed by atoms with Gasteiger partial charge in [-0.15, -0.1) is 0 Å². The summed E-state index contributed by atoms with van der Waals surface area (Å²) in [4.78, 5) is 13.5. The summed E-state index contributed by atoms with van der Waals surface area (Å²) in [6.07, 6.45) is 5.38. The van der Waals surface area contributed by atoms with Crippen LogP contribution in [0.1, 0.15) is 44.1 Å². The highest BCUT2D eigenvalue weighted by molar-refractivity contribution is 7.89. The van der Waals surface area contributed by atoms with Crippen LogP contribution in [0, 0.1) is 5.92 Å². The van der Waals surface area contributed by atoms with Crippen LogP contribution in [0.4, 0.5) is 0 Å². The van der Waals surface area contributed by atoms with Crippen molar-refractivity contribution in [1.29, 1.82) is 0 Å². The predicted molar refractivity (Wildman–Crippen MR) is 144 cm³/mol. The van der Waals surface area contributed by atoms with Crippen molar-refractivity contribution < 1.29 is 21.6 Å². The monoisotopic (exact) mass is 567 g/mol. The summed E-state index contributed by atoms with van der Waals surface area (Å²) in [6, 6.07) is 14.6. The van der Waals surface area contributed by atoms with Crippen LogP contribution in [0.25, 0.3) is 0 Å². The van der Waals surface area contributed by atoms with Gasteiger partial charge in [0.2, 0.25) is 26.0 Å². The fourth-order valence-electron chi connectivity index (χ4n) is 5.26. The van der Waals surface area contributed by atoms with E-state index in [1.54, 1.807) is 42.5 Å². The lowest BCUT2D eigenvalue weighted by Crippen LogP contribution is -2.56. The molecule has 37 heavy (non-hydrogen) atoms. The summed E-state index contributed by atoms with van der Waals surface area (Å²) in [5, 5.41) is 3.69. The number of rotatable bonds is 8. The molecular weight excluding hydrogens is 534 g/mol. The number of benzene rings is 2. The Balaban J connectivity index is 1.60. The van der Waals surface area contributed by atoms with E-state index in [2.05, 4.69) is 5.32 Å². The van der Waals surface area contributed by atoms with Crippen LogP contribution < -0.4 is 5.32 Å². The van der Waals surface area contributed by atoms with Crippen LogP contribution in [-0.4, -0.2) is 62.8 Å². The summed E-state index contributed by atoms with van der Waals surface area (Å²) in [5.74, 6) is -0.671. The van der Waals surface area contributed by atoms with Gasteiger partial charge in [-0.2, -0.15) is 4.31 Å². The van der Waals surface area contributed by atoms with E-state index >= 15 is 0 Å². The van der Waals surface area contributed by atoms with Crippen molar-refractivity contribution in [3.8, 4) is 0 Å². The summed E-state index contributed by atoms with van der Waals surface area (Å²) >= 11 is 6.05. The molecule has 1 saturated heterocycles. The molecule has 202 valence electrons. The van der Waals surface area contributed by atoms with Gasteiger partial charge in [0.05, 0.1) is 17.1 Å². The van der Waals surface area contributed by atoms with Gasteiger partial charge in [0, 0.05) is 36.7 Å². The Morgan fingerprint density at radius 3 is 2.32 bits per heavy atom. The van der Waals surface area contributed by atoms with Crippen LogP contribution in [0.2, 0.25) is 5.02 Å². The summed E-state index contributed by atoms with van der Waals surface area (Å²) in [7, 11) is -7.25. The Hall–Kier alpha value is -1.98. The first kappa shape index (κ1) is 28.0. The van der Waals surface area contributed by atoms with Gasteiger partial charge in [-0.05, 0) is 55.5 Å². The number of hydrogen-bond acceptors (Lipinski definition) is 5. The van der Waals surface area contributed by atoms with E-state index in [4.69, 9.17) is 11.6 Å². The van der Waals surface area contributed by atoms with Gasteiger partial charge in [0.15, 0.2) is 0 Å². The number of sulfonamides is 2. The number of halogens is 1. The van der Waals surface area contributed by atoms with Gasteiger partial charge in [0.25, 0.3) is 0 Å². The van der Waals surface area contributed by atoms with E-state index in [-0.39, 0.29) is 29.9 Å². The fourth-order valence-corrected chi connectivity index (χ4v) is 8.00. The molecule has 1 amide bonds. The molecule has 11 heteroatoms. The molecule has 3 atom stereocenters. The van der Waals surface area contributed by atoms with Crippen molar-refractivity contribution in [2.45, 2.75) is 62.0 Å². The molecular formula is C26H34ClN3O5S2. The Morgan fingerprint density at radius 2 is 1.65 bits per heavy atom. The highest BCUT2D eigenvalue weighted by Crippen LogP contribution is 2.31. The first-order valence-corrected chi connectivity index (χ1v) is 16.3. The molecule has 0 aromatic heterocycles. The van der Waals surface area contributed by atoms with E-state index in [0.29, 0.717) is 37.3 Å². The lowest BCUT2D eigenvalue weighted by atomic mass is 9.89. The van der Waals surface area contributed by atoms with Crippen molar-refractivity contribution in [2.75, 3.05) is 19.3 Å². The van der Waals surface area contributed by atoms with E-state index in [9.17, 15) is 21.6 Å². The zero-order valence-corrected chi connectivity index (χ0v) is 23.3. The van der Waals surface area contributed by atoms with Gasteiger partial charge < -0.3 is 5.32 Å². The Bertz CT molecular complexity index is 1290. The lowest BCUT2D eigenvalue weighted by molar-refractivity contribution is -0.127. The maximum absolute atomic E-state index is 13.9. The second-order valence-corrected chi connectivity index (χ2v) is 14.2. The maximum atomic E-state index is 13.9. The van der Waals surface area contributed by atoms with E-state index < -0.39 is 32.0 Å². The molecule has 2 fully saturated rings. The van der Waals surface area contributed by atoms with E-state index in [1.807, 2.05) is 12.1 Å².